The van der Waals surface area contributed by atoms with E-state index in [2.05, 4.69) is 57.2 Å². The normalized spacial score (nSPS) is 28.9. The van der Waals surface area contributed by atoms with Gasteiger partial charge in [-0.3, -0.25) is 0 Å². The summed E-state index contributed by atoms with van der Waals surface area (Å²) in [6.45, 7) is 0. The minimum Gasteiger partial charge on any atom is -0.365 e. The van der Waals surface area contributed by atoms with Gasteiger partial charge in [0.05, 0.1) is 0 Å². The SMILES string of the molecule is NC1CC2CCCC(C1)N2c1ccc(Br)c2ccccc12. The lowest BCUT2D eigenvalue weighted by atomic mass is 9.81. The predicted octanol–water partition coefficient (Wildman–Crippen LogP) is 4.45. The Labute approximate surface area is 134 Å². The molecule has 2 aromatic rings. The number of benzene rings is 2. The Hall–Kier alpha value is -1.06. The maximum atomic E-state index is 6.27. The van der Waals surface area contributed by atoms with Gasteiger partial charge in [-0.25, -0.2) is 0 Å². The van der Waals surface area contributed by atoms with Gasteiger partial charge in [0.15, 0.2) is 0 Å². The van der Waals surface area contributed by atoms with Gasteiger partial charge in [0.1, 0.15) is 0 Å². The van der Waals surface area contributed by atoms with E-state index in [9.17, 15) is 0 Å². The fourth-order valence-corrected chi connectivity index (χ4v) is 4.77. The van der Waals surface area contributed by atoms with Crippen LogP contribution in [-0.4, -0.2) is 18.1 Å². The molecule has 0 saturated carbocycles. The molecule has 2 N–H and O–H groups in total. The van der Waals surface area contributed by atoms with Crippen LogP contribution in [0.5, 0.6) is 0 Å². The van der Waals surface area contributed by atoms with Gasteiger partial charge in [-0.2, -0.15) is 0 Å². The van der Waals surface area contributed by atoms with Crippen LogP contribution >= 0.6 is 15.9 Å². The first-order valence-corrected chi connectivity index (χ1v) is 8.74. The van der Waals surface area contributed by atoms with Crippen LogP contribution in [0.4, 0.5) is 5.69 Å². The Morgan fingerprint density at radius 2 is 1.62 bits per heavy atom. The molecule has 2 aromatic carbocycles. The zero-order valence-corrected chi connectivity index (χ0v) is 13.7. The number of hydrogen-bond donors (Lipinski definition) is 1. The summed E-state index contributed by atoms with van der Waals surface area (Å²) >= 11 is 3.69. The van der Waals surface area contributed by atoms with E-state index in [-0.39, 0.29) is 0 Å². The molecule has 2 atom stereocenters. The van der Waals surface area contributed by atoms with Gasteiger partial charge in [0, 0.05) is 33.7 Å². The first kappa shape index (κ1) is 13.6. The van der Waals surface area contributed by atoms with Crippen LogP contribution in [0.2, 0.25) is 0 Å². The van der Waals surface area contributed by atoms with Crippen molar-refractivity contribution in [2.45, 2.75) is 50.2 Å². The van der Waals surface area contributed by atoms with Crippen molar-refractivity contribution in [2.24, 2.45) is 5.73 Å². The molecule has 2 aliphatic heterocycles. The number of rotatable bonds is 1. The van der Waals surface area contributed by atoms with E-state index in [4.69, 9.17) is 5.73 Å². The zero-order valence-electron chi connectivity index (χ0n) is 12.1. The van der Waals surface area contributed by atoms with E-state index in [0.717, 1.165) is 12.8 Å². The molecule has 3 heteroatoms. The third kappa shape index (κ3) is 2.27. The van der Waals surface area contributed by atoms with E-state index in [1.165, 1.54) is 40.2 Å². The maximum absolute atomic E-state index is 6.27. The molecule has 21 heavy (non-hydrogen) atoms. The molecule has 4 rings (SSSR count). The van der Waals surface area contributed by atoms with Crippen LogP contribution in [-0.2, 0) is 0 Å². The van der Waals surface area contributed by atoms with E-state index < -0.39 is 0 Å². The summed E-state index contributed by atoms with van der Waals surface area (Å²) in [6, 6.07) is 14.8. The minimum atomic E-state index is 0.387. The van der Waals surface area contributed by atoms with Gasteiger partial charge in [-0.15, -0.1) is 0 Å². The van der Waals surface area contributed by atoms with Crippen molar-refractivity contribution in [2.75, 3.05) is 4.90 Å². The van der Waals surface area contributed by atoms with Gasteiger partial charge >= 0.3 is 0 Å². The Kier molecular flexibility index (Phi) is 3.43. The summed E-state index contributed by atoms with van der Waals surface area (Å²) in [5.41, 5.74) is 7.67. The molecular formula is C18H21BrN2. The van der Waals surface area contributed by atoms with Crippen molar-refractivity contribution in [1.82, 2.24) is 0 Å². The van der Waals surface area contributed by atoms with Gasteiger partial charge in [-0.05, 0) is 49.6 Å². The Morgan fingerprint density at radius 3 is 2.33 bits per heavy atom. The molecule has 2 aliphatic rings. The number of fused-ring (bicyclic) bond motifs is 3. The van der Waals surface area contributed by atoms with Crippen LogP contribution in [0.3, 0.4) is 0 Å². The van der Waals surface area contributed by atoms with Crippen molar-refractivity contribution >= 4 is 32.4 Å². The Balaban J connectivity index is 1.85. The predicted molar refractivity (Wildman–Crippen MR) is 92.8 cm³/mol. The second-order valence-electron chi connectivity index (χ2n) is 6.49. The third-order valence-electron chi connectivity index (χ3n) is 5.14. The number of hydrogen-bond acceptors (Lipinski definition) is 2. The van der Waals surface area contributed by atoms with Crippen LogP contribution in [0.25, 0.3) is 10.8 Å². The van der Waals surface area contributed by atoms with E-state index in [0.29, 0.717) is 18.1 Å². The van der Waals surface area contributed by atoms with Crippen molar-refractivity contribution < 1.29 is 0 Å². The highest BCUT2D eigenvalue weighted by Crippen LogP contribution is 2.41. The Bertz CT molecular complexity index is 655. The van der Waals surface area contributed by atoms with Gasteiger partial charge in [0.25, 0.3) is 0 Å². The second-order valence-corrected chi connectivity index (χ2v) is 7.34. The van der Waals surface area contributed by atoms with Gasteiger partial charge in [0.2, 0.25) is 0 Å². The summed E-state index contributed by atoms with van der Waals surface area (Å²) in [5, 5.41) is 2.67. The molecule has 0 aromatic heterocycles. The molecule has 0 spiro atoms. The molecule has 2 unspecified atom stereocenters. The topological polar surface area (TPSA) is 29.3 Å². The van der Waals surface area contributed by atoms with Crippen LogP contribution in [0, 0.1) is 0 Å². The lowest BCUT2D eigenvalue weighted by molar-refractivity contribution is 0.272. The standard InChI is InChI=1S/C18H21BrN2/c19-17-8-9-18(16-7-2-1-6-15(16)17)21-13-4-3-5-14(21)11-12(20)10-13/h1-2,6-9,12-14H,3-5,10-11,20H2. The summed E-state index contributed by atoms with van der Waals surface area (Å²) in [4.78, 5) is 2.68. The molecule has 2 fully saturated rings. The number of nitrogens with two attached hydrogens (primary N) is 1. The van der Waals surface area contributed by atoms with Crippen LogP contribution in [0.1, 0.15) is 32.1 Å². The lowest BCUT2D eigenvalue weighted by Crippen LogP contribution is -2.55. The molecule has 0 aliphatic carbocycles. The largest absolute Gasteiger partial charge is 0.365 e. The Morgan fingerprint density at radius 1 is 0.952 bits per heavy atom. The number of anilines is 1. The fourth-order valence-electron chi connectivity index (χ4n) is 4.29. The highest BCUT2D eigenvalue weighted by Gasteiger charge is 2.37. The molecule has 2 saturated heterocycles. The van der Waals surface area contributed by atoms with Crippen molar-refractivity contribution in [1.29, 1.82) is 0 Å². The first-order chi connectivity index (χ1) is 10.2. The average molecular weight is 345 g/mol. The maximum Gasteiger partial charge on any atom is 0.0451 e. The summed E-state index contributed by atoms with van der Waals surface area (Å²) < 4.78 is 1.18. The van der Waals surface area contributed by atoms with Crippen LogP contribution < -0.4 is 10.6 Å². The second kappa shape index (κ2) is 5.29. The van der Waals surface area contributed by atoms with Gasteiger partial charge in [-0.1, -0.05) is 40.2 Å². The third-order valence-corrected chi connectivity index (χ3v) is 5.83. The molecule has 2 nitrogen and oxygen atoms in total. The van der Waals surface area contributed by atoms with E-state index >= 15 is 0 Å². The first-order valence-electron chi connectivity index (χ1n) is 7.95. The van der Waals surface area contributed by atoms with Gasteiger partial charge < -0.3 is 10.6 Å². The molecule has 0 radical (unpaired) electrons. The summed E-state index contributed by atoms with van der Waals surface area (Å²) in [5.74, 6) is 0. The number of piperidine rings is 2. The van der Waals surface area contributed by atoms with E-state index in [1.54, 1.807) is 0 Å². The van der Waals surface area contributed by atoms with Crippen molar-refractivity contribution in [3.05, 3.63) is 40.9 Å². The molecule has 2 heterocycles. The summed E-state index contributed by atoms with van der Waals surface area (Å²) in [7, 11) is 0. The smallest absolute Gasteiger partial charge is 0.0451 e. The monoisotopic (exact) mass is 344 g/mol. The minimum absolute atomic E-state index is 0.387. The molecular weight excluding hydrogens is 324 g/mol. The molecule has 0 amide bonds. The summed E-state index contributed by atoms with van der Waals surface area (Å²) in [6.07, 6.45) is 6.21. The average Bonchev–Trinajstić information content (AvgIpc) is 2.48. The highest BCUT2D eigenvalue weighted by atomic mass is 79.9. The van der Waals surface area contributed by atoms with E-state index in [1.807, 2.05) is 0 Å². The molecule has 110 valence electrons. The number of nitrogens with zero attached hydrogens (tertiary/aromatic N) is 1. The molecule has 2 bridgehead atoms. The highest BCUT2D eigenvalue weighted by molar-refractivity contribution is 9.10. The fraction of sp³-hybridized carbons (Fsp3) is 0.444. The van der Waals surface area contributed by atoms with Crippen LogP contribution in [0.15, 0.2) is 40.9 Å². The lowest BCUT2D eigenvalue weighted by Gasteiger charge is -2.50. The van der Waals surface area contributed by atoms with Crippen molar-refractivity contribution in [3.8, 4) is 0 Å². The quantitative estimate of drug-likeness (QED) is 0.827. The zero-order chi connectivity index (χ0) is 14.4. The number of halogens is 1. The van der Waals surface area contributed by atoms with Crippen molar-refractivity contribution in [3.63, 3.8) is 0 Å².